The number of rotatable bonds is 11. The maximum absolute atomic E-state index is 14.1. The van der Waals surface area contributed by atoms with Gasteiger partial charge >= 0.3 is 0 Å². The monoisotopic (exact) mass is 637 g/mol. The molecule has 3 aromatic carbocycles. The zero-order valence-electron chi connectivity index (χ0n) is 23.0. The van der Waals surface area contributed by atoms with E-state index < -0.39 is 40.2 Å². The standard InChI is InChI=1S/C29H30Cl2FN3O6S/c1-3-25(29(37)33-4-2)34(17-22-23(30)6-5-7-24(22)31)28(36)18-35(20-10-8-19(32)9-11-20)42(38,39)21-12-13-26-27(16-21)41-15-14-40-26/h5-13,16,25H,3-4,14-15,17-18H2,1-2H3,(H,33,37)/t25-/m0/s1. The van der Waals surface area contributed by atoms with Crippen molar-refractivity contribution in [2.75, 3.05) is 30.6 Å². The van der Waals surface area contributed by atoms with Crippen molar-refractivity contribution in [2.45, 2.75) is 37.8 Å². The van der Waals surface area contributed by atoms with Crippen LogP contribution in [0.15, 0.2) is 65.6 Å². The Morgan fingerprint density at radius 2 is 1.62 bits per heavy atom. The van der Waals surface area contributed by atoms with Gasteiger partial charge in [-0.05, 0) is 61.9 Å². The number of sulfonamides is 1. The van der Waals surface area contributed by atoms with Crippen molar-refractivity contribution in [1.29, 1.82) is 0 Å². The lowest BCUT2D eigenvalue weighted by atomic mass is 10.1. The first-order chi connectivity index (χ1) is 20.1. The number of benzene rings is 3. The van der Waals surface area contributed by atoms with Gasteiger partial charge in [0, 0.05) is 34.8 Å². The summed E-state index contributed by atoms with van der Waals surface area (Å²) in [4.78, 5) is 28.2. The van der Waals surface area contributed by atoms with Crippen LogP contribution in [-0.2, 0) is 26.2 Å². The molecule has 0 saturated heterocycles. The molecular weight excluding hydrogens is 608 g/mol. The Labute approximate surface area is 254 Å². The zero-order valence-corrected chi connectivity index (χ0v) is 25.3. The van der Waals surface area contributed by atoms with Crippen molar-refractivity contribution in [3.05, 3.63) is 82.1 Å². The van der Waals surface area contributed by atoms with Crippen LogP contribution in [0, 0.1) is 5.82 Å². The van der Waals surface area contributed by atoms with E-state index in [0.29, 0.717) is 24.5 Å². The van der Waals surface area contributed by atoms with Gasteiger partial charge in [0.15, 0.2) is 11.5 Å². The van der Waals surface area contributed by atoms with Gasteiger partial charge in [-0.15, -0.1) is 0 Å². The minimum absolute atomic E-state index is 0.0430. The molecule has 0 spiro atoms. The number of hydrogen-bond acceptors (Lipinski definition) is 6. The van der Waals surface area contributed by atoms with E-state index >= 15 is 0 Å². The highest BCUT2D eigenvalue weighted by molar-refractivity contribution is 7.92. The second kappa shape index (κ2) is 13.6. The van der Waals surface area contributed by atoms with Crippen molar-refractivity contribution in [3.63, 3.8) is 0 Å². The van der Waals surface area contributed by atoms with Crippen LogP contribution in [0.2, 0.25) is 10.0 Å². The third kappa shape index (κ3) is 6.91. The van der Waals surface area contributed by atoms with Crippen LogP contribution >= 0.6 is 23.2 Å². The van der Waals surface area contributed by atoms with Gasteiger partial charge in [-0.25, -0.2) is 12.8 Å². The topological polar surface area (TPSA) is 105 Å². The lowest BCUT2D eigenvalue weighted by Crippen LogP contribution is -2.52. The normalized spacial score (nSPS) is 13.3. The maximum atomic E-state index is 14.1. The van der Waals surface area contributed by atoms with E-state index in [-0.39, 0.29) is 46.0 Å². The number of likely N-dealkylation sites (N-methyl/N-ethyl adjacent to an activating group) is 1. The molecule has 1 atom stereocenters. The lowest BCUT2D eigenvalue weighted by Gasteiger charge is -2.33. The second-order valence-corrected chi connectivity index (χ2v) is 12.0. The molecule has 42 heavy (non-hydrogen) atoms. The largest absolute Gasteiger partial charge is 0.486 e. The first-order valence-electron chi connectivity index (χ1n) is 13.2. The Hall–Kier alpha value is -3.54. The molecule has 2 amide bonds. The molecule has 4 rings (SSSR count). The molecule has 9 nitrogen and oxygen atoms in total. The smallest absolute Gasteiger partial charge is 0.264 e. The highest BCUT2D eigenvalue weighted by Crippen LogP contribution is 2.35. The Kier molecular flexibility index (Phi) is 10.2. The second-order valence-electron chi connectivity index (χ2n) is 9.33. The zero-order chi connectivity index (χ0) is 30.4. The molecule has 0 aromatic heterocycles. The summed E-state index contributed by atoms with van der Waals surface area (Å²) in [5.41, 5.74) is 0.446. The number of carbonyl (C=O) groups excluding carboxylic acids is 2. The molecule has 0 unspecified atom stereocenters. The van der Waals surface area contributed by atoms with Crippen LogP contribution < -0.4 is 19.1 Å². The number of nitrogens with one attached hydrogen (secondary N) is 1. The molecule has 0 aliphatic carbocycles. The fourth-order valence-electron chi connectivity index (χ4n) is 4.51. The summed E-state index contributed by atoms with van der Waals surface area (Å²) in [6.07, 6.45) is 0.227. The molecule has 1 aliphatic heterocycles. The summed E-state index contributed by atoms with van der Waals surface area (Å²) in [6, 6.07) is 12.7. The van der Waals surface area contributed by atoms with Crippen LogP contribution in [0.1, 0.15) is 25.8 Å². The van der Waals surface area contributed by atoms with Gasteiger partial charge in [0.25, 0.3) is 10.0 Å². The van der Waals surface area contributed by atoms with Crippen molar-refractivity contribution < 1.29 is 31.9 Å². The van der Waals surface area contributed by atoms with E-state index in [0.717, 1.165) is 16.4 Å². The number of carbonyl (C=O) groups is 2. The van der Waals surface area contributed by atoms with Gasteiger partial charge in [-0.3, -0.25) is 13.9 Å². The summed E-state index contributed by atoms with van der Waals surface area (Å²) < 4.78 is 53.9. The first kappa shape index (κ1) is 31.4. The van der Waals surface area contributed by atoms with Crippen LogP contribution in [0.5, 0.6) is 11.5 Å². The summed E-state index contributed by atoms with van der Waals surface area (Å²) in [7, 11) is -4.41. The van der Waals surface area contributed by atoms with Crippen molar-refractivity contribution in [2.24, 2.45) is 0 Å². The fourth-order valence-corrected chi connectivity index (χ4v) is 6.46. The Bertz CT molecular complexity index is 1540. The van der Waals surface area contributed by atoms with Gasteiger partial charge in [0.2, 0.25) is 11.8 Å². The Balaban J connectivity index is 1.77. The van der Waals surface area contributed by atoms with E-state index in [1.54, 1.807) is 32.0 Å². The van der Waals surface area contributed by atoms with Crippen LogP contribution in [0.3, 0.4) is 0 Å². The van der Waals surface area contributed by atoms with Crippen LogP contribution in [0.25, 0.3) is 0 Å². The van der Waals surface area contributed by atoms with E-state index in [1.807, 2.05) is 0 Å². The molecule has 13 heteroatoms. The minimum Gasteiger partial charge on any atom is -0.486 e. The van der Waals surface area contributed by atoms with E-state index in [9.17, 15) is 22.4 Å². The number of hydrogen-bond donors (Lipinski definition) is 1. The average molecular weight is 639 g/mol. The summed E-state index contributed by atoms with van der Waals surface area (Å²) in [6.45, 7) is 3.51. The third-order valence-corrected chi connectivity index (χ3v) is 9.10. The fraction of sp³-hybridized carbons (Fsp3) is 0.310. The number of fused-ring (bicyclic) bond motifs is 1. The Morgan fingerprint density at radius 1 is 0.976 bits per heavy atom. The van der Waals surface area contributed by atoms with Gasteiger partial charge < -0.3 is 19.7 Å². The number of amides is 2. The van der Waals surface area contributed by atoms with Crippen LogP contribution in [0.4, 0.5) is 10.1 Å². The van der Waals surface area contributed by atoms with Crippen LogP contribution in [-0.4, -0.2) is 57.5 Å². The summed E-state index contributed by atoms with van der Waals surface area (Å²) >= 11 is 12.8. The molecule has 224 valence electrons. The molecule has 0 radical (unpaired) electrons. The van der Waals surface area contributed by atoms with Gasteiger partial charge in [0.1, 0.15) is 31.6 Å². The van der Waals surface area contributed by atoms with E-state index in [1.165, 1.54) is 35.2 Å². The van der Waals surface area contributed by atoms with E-state index in [2.05, 4.69) is 5.32 Å². The molecule has 1 heterocycles. The number of nitrogens with zero attached hydrogens (tertiary/aromatic N) is 2. The summed E-state index contributed by atoms with van der Waals surface area (Å²) in [5, 5.41) is 3.29. The molecule has 0 saturated carbocycles. The van der Waals surface area contributed by atoms with Crippen molar-refractivity contribution in [1.82, 2.24) is 10.2 Å². The molecule has 0 fully saturated rings. The predicted molar refractivity (Wildman–Crippen MR) is 158 cm³/mol. The minimum atomic E-state index is -4.41. The highest BCUT2D eigenvalue weighted by atomic mass is 35.5. The average Bonchev–Trinajstić information content (AvgIpc) is 2.97. The lowest BCUT2D eigenvalue weighted by molar-refractivity contribution is -0.140. The highest BCUT2D eigenvalue weighted by Gasteiger charge is 2.34. The molecule has 3 aromatic rings. The number of anilines is 1. The molecule has 0 bridgehead atoms. The Morgan fingerprint density at radius 3 is 2.24 bits per heavy atom. The van der Waals surface area contributed by atoms with Gasteiger partial charge in [-0.2, -0.15) is 0 Å². The van der Waals surface area contributed by atoms with Crippen molar-refractivity contribution in [3.8, 4) is 11.5 Å². The van der Waals surface area contributed by atoms with Gasteiger partial charge in [0.05, 0.1) is 10.6 Å². The van der Waals surface area contributed by atoms with Gasteiger partial charge in [-0.1, -0.05) is 36.2 Å². The molecule has 1 aliphatic rings. The molecule has 1 N–H and O–H groups in total. The predicted octanol–water partition coefficient (Wildman–Crippen LogP) is 5.04. The maximum Gasteiger partial charge on any atom is 0.264 e. The van der Waals surface area contributed by atoms with Crippen molar-refractivity contribution >= 4 is 50.7 Å². The van der Waals surface area contributed by atoms with E-state index in [4.69, 9.17) is 32.7 Å². The SMILES string of the molecule is CCNC(=O)[C@H](CC)N(Cc1c(Cl)cccc1Cl)C(=O)CN(c1ccc(F)cc1)S(=O)(=O)c1ccc2c(c1)OCCO2. The number of halogens is 3. The first-order valence-corrected chi connectivity index (χ1v) is 15.4. The molecular formula is C29H30Cl2FN3O6S. The quantitative estimate of drug-likeness (QED) is 0.316. The summed E-state index contributed by atoms with van der Waals surface area (Å²) in [5.74, 6) is -1.07. The third-order valence-electron chi connectivity index (χ3n) is 6.62. The number of ether oxygens (including phenoxy) is 2.